The number of nitrogens with one attached hydrogen (secondary N) is 1. The lowest BCUT2D eigenvalue weighted by atomic mass is 9.91. The fourth-order valence-electron chi connectivity index (χ4n) is 2.98. The highest BCUT2D eigenvalue weighted by molar-refractivity contribution is 5.06. The minimum atomic E-state index is -0.292. The summed E-state index contributed by atoms with van der Waals surface area (Å²) in [7, 11) is 0. The average molecular weight is 265 g/mol. The van der Waals surface area contributed by atoms with Gasteiger partial charge < -0.3 is 4.90 Å². The number of hydrogen-bond donors (Lipinski definition) is 1. The second-order valence-electron chi connectivity index (χ2n) is 5.94. The van der Waals surface area contributed by atoms with E-state index in [2.05, 4.69) is 37.1 Å². The molecule has 1 rings (SSSR count). The molecule has 2 unspecified atom stereocenters. The summed E-state index contributed by atoms with van der Waals surface area (Å²) in [6.07, 6.45) is 6.78. The zero-order valence-corrected chi connectivity index (χ0v) is 13.0. The van der Waals surface area contributed by atoms with Gasteiger partial charge >= 0.3 is 0 Å². The highest BCUT2D eigenvalue weighted by Gasteiger charge is 2.27. The average Bonchev–Trinajstić information content (AvgIpc) is 2.91. The Bertz CT molecular complexity index is 284. The maximum atomic E-state index is 9.45. The summed E-state index contributed by atoms with van der Waals surface area (Å²) >= 11 is 0. The van der Waals surface area contributed by atoms with Gasteiger partial charge in [-0.2, -0.15) is 5.26 Å². The molecule has 1 aliphatic rings. The fourth-order valence-corrected chi connectivity index (χ4v) is 2.98. The van der Waals surface area contributed by atoms with E-state index in [0.717, 1.165) is 44.7 Å². The zero-order valence-electron chi connectivity index (χ0n) is 13.0. The molecule has 0 aromatic carbocycles. The molecule has 3 heteroatoms. The van der Waals surface area contributed by atoms with Gasteiger partial charge in [-0.1, -0.05) is 27.2 Å². The van der Waals surface area contributed by atoms with Crippen LogP contribution in [0.25, 0.3) is 0 Å². The Kier molecular flexibility index (Phi) is 7.41. The summed E-state index contributed by atoms with van der Waals surface area (Å²) in [5.41, 5.74) is -0.292. The predicted octanol–water partition coefficient (Wildman–Crippen LogP) is 3.17. The van der Waals surface area contributed by atoms with Crippen molar-refractivity contribution in [2.75, 3.05) is 26.2 Å². The van der Waals surface area contributed by atoms with Gasteiger partial charge in [0.25, 0.3) is 0 Å². The lowest BCUT2D eigenvalue weighted by Crippen LogP contribution is -2.44. The van der Waals surface area contributed by atoms with Crippen molar-refractivity contribution in [3.8, 4) is 6.07 Å². The first-order valence-corrected chi connectivity index (χ1v) is 8.08. The van der Waals surface area contributed by atoms with E-state index >= 15 is 0 Å². The Hall–Kier alpha value is -0.590. The van der Waals surface area contributed by atoms with E-state index in [0.29, 0.717) is 0 Å². The van der Waals surface area contributed by atoms with E-state index in [1.165, 1.54) is 25.9 Å². The van der Waals surface area contributed by atoms with Crippen LogP contribution in [0.5, 0.6) is 0 Å². The molecule has 19 heavy (non-hydrogen) atoms. The number of nitrogens with zero attached hydrogens (tertiary/aromatic N) is 2. The third kappa shape index (κ3) is 5.12. The third-order valence-corrected chi connectivity index (χ3v) is 4.56. The molecule has 0 aromatic rings. The van der Waals surface area contributed by atoms with Crippen molar-refractivity contribution in [2.45, 2.75) is 64.8 Å². The van der Waals surface area contributed by atoms with Crippen molar-refractivity contribution >= 4 is 0 Å². The van der Waals surface area contributed by atoms with Crippen LogP contribution in [0.2, 0.25) is 0 Å². The fraction of sp³-hybridized carbons (Fsp3) is 0.938. The van der Waals surface area contributed by atoms with E-state index in [9.17, 15) is 5.26 Å². The summed E-state index contributed by atoms with van der Waals surface area (Å²) in [5, 5.41) is 12.9. The second-order valence-corrected chi connectivity index (χ2v) is 5.94. The van der Waals surface area contributed by atoms with E-state index in [1.54, 1.807) is 0 Å². The first-order valence-electron chi connectivity index (χ1n) is 8.08. The number of rotatable bonds is 9. The van der Waals surface area contributed by atoms with Gasteiger partial charge in [0.1, 0.15) is 5.54 Å². The smallest absolute Gasteiger partial charge is 0.106 e. The molecule has 2 atom stereocenters. The minimum absolute atomic E-state index is 0.292. The third-order valence-electron chi connectivity index (χ3n) is 4.56. The molecule has 1 heterocycles. The van der Waals surface area contributed by atoms with Crippen LogP contribution in [0.1, 0.15) is 59.3 Å². The van der Waals surface area contributed by atoms with Crippen molar-refractivity contribution in [1.82, 2.24) is 10.2 Å². The standard InChI is InChI=1S/C16H31N3/c1-4-10-18-16(6-3,14-17)9-7-11-19-12-8-15(5-2)13-19/h15,18H,4-13H2,1-3H3. The molecular weight excluding hydrogens is 234 g/mol. The lowest BCUT2D eigenvalue weighted by molar-refractivity contribution is 0.287. The van der Waals surface area contributed by atoms with E-state index in [-0.39, 0.29) is 5.54 Å². The Labute approximate surface area is 119 Å². The van der Waals surface area contributed by atoms with Crippen LogP contribution in [0, 0.1) is 17.2 Å². The molecule has 0 bridgehead atoms. The topological polar surface area (TPSA) is 39.1 Å². The van der Waals surface area contributed by atoms with Crippen LogP contribution < -0.4 is 5.32 Å². The van der Waals surface area contributed by atoms with Gasteiger partial charge in [0.05, 0.1) is 6.07 Å². The van der Waals surface area contributed by atoms with Gasteiger partial charge in [0.2, 0.25) is 0 Å². The van der Waals surface area contributed by atoms with Gasteiger partial charge in [-0.25, -0.2) is 0 Å². The lowest BCUT2D eigenvalue weighted by Gasteiger charge is -2.27. The first kappa shape index (κ1) is 16.5. The van der Waals surface area contributed by atoms with Crippen LogP contribution in [0.15, 0.2) is 0 Å². The van der Waals surface area contributed by atoms with E-state index in [1.807, 2.05) is 0 Å². The molecule has 0 aromatic heterocycles. The summed E-state index contributed by atoms with van der Waals surface area (Å²) in [6, 6.07) is 2.52. The van der Waals surface area contributed by atoms with E-state index in [4.69, 9.17) is 0 Å². The molecule has 3 nitrogen and oxygen atoms in total. The van der Waals surface area contributed by atoms with Gasteiger partial charge in [-0.15, -0.1) is 0 Å². The SMILES string of the molecule is CCCNC(C#N)(CC)CCCN1CCC(CC)C1. The summed E-state index contributed by atoms with van der Waals surface area (Å²) in [4.78, 5) is 2.58. The molecule has 1 N–H and O–H groups in total. The van der Waals surface area contributed by atoms with Crippen molar-refractivity contribution in [2.24, 2.45) is 5.92 Å². The first-order chi connectivity index (χ1) is 9.19. The van der Waals surface area contributed by atoms with Crippen LogP contribution in [0.3, 0.4) is 0 Å². The largest absolute Gasteiger partial charge is 0.303 e. The maximum Gasteiger partial charge on any atom is 0.106 e. The summed E-state index contributed by atoms with van der Waals surface area (Å²) in [6.45, 7) is 11.2. The van der Waals surface area contributed by atoms with Crippen molar-refractivity contribution in [3.05, 3.63) is 0 Å². The van der Waals surface area contributed by atoms with Gasteiger partial charge in [-0.3, -0.25) is 5.32 Å². The molecule has 110 valence electrons. The number of hydrogen-bond acceptors (Lipinski definition) is 3. The maximum absolute atomic E-state index is 9.45. The minimum Gasteiger partial charge on any atom is -0.303 e. The Morgan fingerprint density at radius 1 is 1.37 bits per heavy atom. The zero-order chi connectivity index (χ0) is 14.1. The van der Waals surface area contributed by atoms with Gasteiger partial charge in [-0.05, 0) is 57.7 Å². The molecule has 0 aliphatic carbocycles. The highest BCUT2D eigenvalue weighted by atomic mass is 15.1. The second kappa shape index (κ2) is 8.55. The molecular formula is C16H31N3. The highest BCUT2D eigenvalue weighted by Crippen LogP contribution is 2.21. The van der Waals surface area contributed by atoms with Crippen LogP contribution in [-0.2, 0) is 0 Å². The van der Waals surface area contributed by atoms with Crippen LogP contribution in [-0.4, -0.2) is 36.6 Å². The molecule has 1 aliphatic heterocycles. The van der Waals surface area contributed by atoms with Gasteiger partial charge in [0.15, 0.2) is 0 Å². The number of nitriles is 1. The molecule has 0 radical (unpaired) electrons. The monoisotopic (exact) mass is 265 g/mol. The summed E-state index contributed by atoms with van der Waals surface area (Å²) < 4.78 is 0. The predicted molar refractivity (Wildman–Crippen MR) is 81.0 cm³/mol. The van der Waals surface area contributed by atoms with Crippen molar-refractivity contribution < 1.29 is 0 Å². The molecule has 0 spiro atoms. The molecule has 0 amide bonds. The van der Waals surface area contributed by atoms with Crippen molar-refractivity contribution in [3.63, 3.8) is 0 Å². The van der Waals surface area contributed by atoms with Crippen LogP contribution >= 0.6 is 0 Å². The molecule has 0 saturated carbocycles. The van der Waals surface area contributed by atoms with Gasteiger partial charge in [0, 0.05) is 6.54 Å². The molecule has 1 saturated heterocycles. The Balaban J connectivity index is 2.30. The van der Waals surface area contributed by atoms with Crippen molar-refractivity contribution in [1.29, 1.82) is 5.26 Å². The Morgan fingerprint density at radius 3 is 2.68 bits per heavy atom. The normalized spacial score (nSPS) is 23.2. The number of likely N-dealkylation sites (tertiary alicyclic amines) is 1. The summed E-state index contributed by atoms with van der Waals surface area (Å²) in [5.74, 6) is 0.908. The quantitative estimate of drug-likeness (QED) is 0.696. The molecule has 1 fully saturated rings. The van der Waals surface area contributed by atoms with E-state index < -0.39 is 0 Å². The Morgan fingerprint density at radius 2 is 2.16 bits per heavy atom. The van der Waals surface area contributed by atoms with Crippen LogP contribution in [0.4, 0.5) is 0 Å².